The normalized spacial score (nSPS) is 12.9. The lowest BCUT2D eigenvalue weighted by molar-refractivity contribution is 0.660. The van der Waals surface area contributed by atoms with Crippen LogP contribution in [0.15, 0.2) is 206 Å². The molecule has 0 saturated carbocycles. The summed E-state index contributed by atoms with van der Waals surface area (Å²) in [6.07, 6.45) is 0. The molecule has 0 bridgehead atoms. The van der Waals surface area contributed by atoms with Gasteiger partial charge < -0.3 is 9.47 Å². The third-order valence-electron chi connectivity index (χ3n) is 12.2. The number of fused-ring (bicyclic) bond motifs is 7. The minimum atomic E-state index is -0.0825. The second-order valence-electron chi connectivity index (χ2n) is 15.7. The molecule has 1 aliphatic rings. The zero-order chi connectivity index (χ0) is 38.1. The highest BCUT2D eigenvalue weighted by Gasteiger charge is 2.37. The van der Waals surface area contributed by atoms with Crippen LogP contribution in [-0.2, 0) is 5.41 Å². The van der Waals surface area contributed by atoms with E-state index in [1.807, 2.05) is 0 Å². The van der Waals surface area contributed by atoms with Crippen molar-refractivity contribution in [1.29, 1.82) is 0 Å². The lowest BCUT2D eigenvalue weighted by Gasteiger charge is -2.30. The van der Waals surface area contributed by atoms with Crippen LogP contribution in [0.25, 0.3) is 71.6 Å². The maximum Gasteiger partial charge on any atom is 0.0541 e. The van der Waals surface area contributed by atoms with E-state index in [0.717, 1.165) is 22.7 Å². The maximum atomic E-state index is 2.46. The van der Waals surface area contributed by atoms with E-state index in [1.165, 1.54) is 77.1 Å². The molecule has 0 radical (unpaired) electrons. The number of nitrogens with zero attached hydrogens (tertiary/aromatic N) is 2. The van der Waals surface area contributed by atoms with Crippen molar-refractivity contribution in [3.8, 4) is 39.1 Å². The van der Waals surface area contributed by atoms with Gasteiger partial charge in [0.15, 0.2) is 0 Å². The van der Waals surface area contributed by atoms with Gasteiger partial charge >= 0.3 is 0 Å². The zero-order valence-corrected chi connectivity index (χ0v) is 32.0. The maximum absolute atomic E-state index is 2.46. The molecular weight excluding hydrogens is 689 g/mol. The summed E-state index contributed by atoms with van der Waals surface area (Å²) in [5, 5.41) is 4.96. The highest BCUT2D eigenvalue weighted by Crippen LogP contribution is 2.54. The minimum Gasteiger partial charge on any atom is -0.309 e. The van der Waals surface area contributed by atoms with Crippen LogP contribution in [0.4, 0.5) is 17.1 Å². The van der Waals surface area contributed by atoms with Gasteiger partial charge in [0.2, 0.25) is 0 Å². The Balaban J connectivity index is 1.07. The Bertz CT molecular complexity index is 3100. The third kappa shape index (κ3) is 5.18. The number of rotatable bonds is 6. The molecule has 1 aromatic heterocycles. The molecule has 0 fully saturated rings. The Morgan fingerprint density at radius 2 is 0.965 bits per heavy atom. The van der Waals surface area contributed by atoms with Gasteiger partial charge in [-0.3, -0.25) is 0 Å². The number of para-hydroxylation sites is 3. The number of anilines is 3. The summed E-state index contributed by atoms with van der Waals surface area (Å²) in [7, 11) is 0. The summed E-state index contributed by atoms with van der Waals surface area (Å²) >= 11 is 0. The molecular formula is C55H40N2. The van der Waals surface area contributed by atoms with Crippen molar-refractivity contribution in [2.45, 2.75) is 19.3 Å². The first-order chi connectivity index (χ1) is 28.1. The van der Waals surface area contributed by atoms with Crippen molar-refractivity contribution < 1.29 is 0 Å². The van der Waals surface area contributed by atoms with Crippen LogP contribution < -0.4 is 4.90 Å². The number of benzene rings is 9. The SMILES string of the molecule is CC1(C)c2ccccc2-c2c(-c3ccccc3N(c3ccc(-c4cccc(-n5c6ccccc6c6ccccc65)c4)cc3)c3cccc4ccccc34)cccc21. The molecule has 57 heavy (non-hydrogen) atoms. The Hall–Kier alpha value is -7.16. The Kier molecular flexibility index (Phi) is 7.55. The fourth-order valence-electron chi connectivity index (χ4n) is 9.51. The summed E-state index contributed by atoms with van der Waals surface area (Å²) in [6, 6.07) is 75.6. The smallest absolute Gasteiger partial charge is 0.0541 e. The van der Waals surface area contributed by atoms with Crippen LogP contribution in [0.1, 0.15) is 25.0 Å². The van der Waals surface area contributed by atoms with Crippen LogP contribution in [0.2, 0.25) is 0 Å². The molecule has 0 unspecified atom stereocenters. The highest BCUT2D eigenvalue weighted by atomic mass is 15.1. The van der Waals surface area contributed by atoms with Gasteiger partial charge in [-0.25, -0.2) is 0 Å². The van der Waals surface area contributed by atoms with Crippen molar-refractivity contribution in [3.63, 3.8) is 0 Å². The molecule has 270 valence electrons. The number of aromatic nitrogens is 1. The quantitative estimate of drug-likeness (QED) is 0.165. The van der Waals surface area contributed by atoms with E-state index in [9.17, 15) is 0 Å². The summed E-state index contributed by atoms with van der Waals surface area (Å²) in [4.78, 5) is 2.46. The van der Waals surface area contributed by atoms with Gasteiger partial charge in [-0.05, 0) is 92.9 Å². The number of hydrogen-bond acceptors (Lipinski definition) is 1. The van der Waals surface area contributed by atoms with Gasteiger partial charge in [0.1, 0.15) is 0 Å². The Morgan fingerprint density at radius 3 is 1.75 bits per heavy atom. The second-order valence-corrected chi connectivity index (χ2v) is 15.7. The topological polar surface area (TPSA) is 8.17 Å². The summed E-state index contributed by atoms with van der Waals surface area (Å²) in [5.74, 6) is 0. The van der Waals surface area contributed by atoms with Gasteiger partial charge in [0, 0.05) is 38.5 Å². The van der Waals surface area contributed by atoms with Crippen molar-refractivity contribution >= 4 is 49.6 Å². The van der Waals surface area contributed by atoms with Crippen molar-refractivity contribution in [3.05, 3.63) is 217 Å². The zero-order valence-electron chi connectivity index (χ0n) is 32.0. The van der Waals surface area contributed by atoms with Gasteiger partial charge in [-0.2, -0.15) is 0 Å². The van der Waals surface area contributed by atoms with E-state index in [-0.39, 0.29) is 5.41 Å². The molecule has 9 aromatic carbocycles. The van der Waals surface area contributed by atoms with Gasteiger partial charge in [0.25, 0.3) is 0 Å². The molecule has 0 amide bonds. The van der Waals surface area contributed by atoms with Crippen molar-refractivity contribution in [2.24, 2.45) is 0 Å². The molecule has 1 aliphatic carbocycles. The lowest BCUT2D eigenvalue weighted by atomic mass is 9.82. The second kappa shape index (κ2) is 13.0. The molecule has 0 spiro atoms. The monoisotopic (exact) mass is 728 g/mol. The minimum absolute atomic E-state index is 0.0825. The van der Waals surface area contributed by atoms with Crippen molar-refractivity contribution in [2.75, 3.05) is 4.90 Å². The van der Waals surface area contributed by atoms with Gasteiger partial charge in [-0.1, -0.05) is 172 Å². The lowest BCUT2D eigenvalue weighted by Crippen LogP contribution is -2.15. The van der Waals surface area contributed by atoms with Crippen LogP contribution in [0.3, 0.4) is 0 Å². The molecule has 10 aromatic rings. The summed E-state index contributed by atoms with van der Waals surface area (Å²) in [6.45, 7) is 4.71. The first-order valence-corrected chi connectivity index (χ1v) is 19.9. The first kappa shape index (κ1) is 33.2. The summed E-state index contributed by atoms with van der Waals surface area (Å²) < 4.78 is 2.39. The van der Waals surface area contributed by atoms with Gasteiger partial charge in [0.05, 0.1) is 22.4 Å². The molecule has 2 nitrogen and oxygen atoms in total. The van der Waals surface area contributed by atoms with Crippen molar-refractivity contribution in [1.82, 2.24) is 4.57 Å². The predicted octanol–water partition coefficient (Wildman–Crippen LogP) is 15.0. The Morgan fingerprint density at radius 1 is 0.404 bits per heavy atom. The van der Waals surface area contributed by atoms with Crippen LogP contribution in [0, 0.1) is 0 Å². The van der Waals surface area contributed by atoms with E-state index < -0.39 is 0 Å². The Labute approximate surface area is 333 Å². The fourth-order valence-corrected chi connectivity index (χ4v) is 9.51. The molecule has 11 rings (SSSR count). The van der Waals surface area contributed by atoms with E-state index in [0.29, 0.717) is 0 Å². The molecule has 0 saturated heterocycles. The van der Waals surface area contributed by atoms with E-state index in [2.05, 4.69) is 230 Å². The van der Waals surface area contributed by atoms with E-state index in [4.69, 9.17) is 0 Å². The predicted molar refractivity (Wildman–Crippen MR) is 241 cm³/mol. The molecule has 0 aliphatic heterocycles. The van der Waals surface area contributed by atoms with Crippen LogP contribution in [-0.4, -0.2) is 4.57 Å². The summed E-state index contributed by atoms with van der Waals surface area (Å²) in [5.41, 5.74) is 17.1. The third-order valence-corrected chi connectivity index (χ3v) is 12.2. The average Bonchev–Trinajstić information content (AvgIpc) is 3.73. The van der Waals surface area contributed by atoms with Crippen LogP contribution >= 0.6 is 0 Å². The largest absolute Gasteiger partial charge is 0.309 e. The average molecular weight is 729 g/mol. The van der Waals surface area contributed by atoms with Crippen LogP contribution in [0.5, 0.6) is 0 Å². The van der Waals surface area contributed by atoms with E-state index in [1.54, 1.807) is 0 Å². The molecule has 0 atom stereocenters. The molecule has 1 heterocycles. The molecule has 0 N–H and O–H groups in total. The molecule has 2 heteroatoms. The fraction of sp³-hybridized carbons (Fsp3) is 0.0545. The standard InChI is InChI=1S/C55H40N2/c1-55(2)48-26-9-5-24-47(48)54-46(25-15-27-49(54)55)45-23-8-12-30-53(45)56(50-31-14-17-38-16-3-4-20-42(38)50)40-34-32-37(33-35-40)39-18-13-19-41(36-39)57-51-28-10-6-21-43(51)44-22-7-11-29-52(44)57/h3-36H,1-2H3. The van der Waals surface area contributed by atoms with Gasteiger partial charge in [-0.15, -0.1) is 0 Å². The first-order valence-electron chi connectivity index (χ1n) is 19.9. The number of hydrogen-bond donors (Lipinski definition) is 0. The van der Waals surface area contributed by atoms with E-state index >= 15 is 0 Å². The highest BCUT2D eigenvalue weighted by molar-refractivity contribution is 6.09.